The summed E-state index contributed by atoms with van der Waals surface area (Å²) in [7, 11) is 0. The molecule has 30 heavy (non-hydrogen) atoms. The van der Waals surface area contributed by atoms with Gasteiger partial charge in [-0.25, -0.2) is 4.98 Å². The van der Waals surface area contributed by atoms with E-state index in [1.165, 1.54) is 5.56 Å². The van der Waals surface area contributed by atoms with Crippen molar-refractivity contribution in [2.24, 2.45) is 0 Å². The first-order valence-electron chi connectivity index (χ1n) is 9.72. The number of carbonyl (C=O) groups excluding carboxylic acids is 1. The van der Waals surface area contributed by atoms with E-state index in [4.69, 9.17) is 4.42 Å². The molecule has 1 N–H and O–H groups in total. The maximum Gasteiger partial charge on any atom is 0.256 e. The molecule has 4 nitrogen and oxygen atoms in total. The van der Waals surface area contributed by atoms with Crippen LogP contribution in [0.25, 0.3) is 22.6 Å². The first kappa shape index (κ1) is 21.3. The van der Waals surface area contributed by atoms with Crippen molar-refractivity contribution < 1.29 is 9.21 Å². The topological polar surface area (TPSA) is 55.1 Å². The van der Waals surface area contributed by atoms with E-state index in [1.54, 1.807) is 0 Å². The Hall–Kier alpha value is -1.94. The fourth-order valence-electron chi connectivity index (χ4n) is 3.18. The van der Waals surface area contributed by atoms with Gasteiger partial charge < -0.3 is 9.73 Å². The van der Waals surface area contributed by atoms with Crippen LogP contribution in [-0.2, 0) is 0 Å². The minimum atomic E-state index is -0.120. The Labute approximate surface area is 202 Å². The number of amides is 1. The summed E-state index contributed by atoms with van der Waals surface area (Å²) in [5.41, 5.74) is 5.19. The average Bonchev–Trinajstić information content (AvgIpc) is 3.18. The number of rotatable bonds is 5. The van der Waals surface area contributed by atoms with Crippen molar-refractivity contribution >= 4 is 67.9 Å². The molecule has 1 atom stereocenters. The van der Waals surface area contributed by atoms with E-state index in [9.17, 15) is 4.79 Å². The van der Waals surface area contributed by atoms with Gasteiger partial charge in [0.15, 0.2) is 5.58 Å². The van der Waals surface area contributed by atoms with Gasteiger partial charge in [-0.1, -0.05) is 19.9 Å². The Morgan fingerprint density at radius 2 is 1.83 bits per heavy atom. The lowest BCUT2D eigenvalue weighted by Gasteiger charge is -2.08. The van der Waals surface area contributed by atoms with Crippen LogP contribution in [-0.4, -0.2) is 10.9 Å². The van der Waals surface area contributed by atoms with Crippen LogP contribution in [0.15, 0.2) is 65.1 Å². The minimum Gasteiger partial charge on any atom is -0.436 e. The van der Waals surface area contributed by atoms with Crippen molar-refractivity contribution in [2.45, 2.75) is 26.2 Å². The predicted molar refractivity (Wildman–Crippen MR) is 138 cm³/mol. The standard InChI is InChI=1S/C24H20I2N2O2/c1-3-14(2)16-6-11-22-21(12-16)28-24(30-22)15-4-8-18(9-5-15)27-23(29)19-13-17(25)7-10-20(19)26/h4-14H,3H2,1-2H3,(H,27,29)/t14-/m0/s1. The maximum atomic E-state index is 12.6. The third-order valence-electron chi connectivity index (χ3n) is 5.16. The maximum absolute atomic E-state index is 12.6. The largest absolute Gasteiger partial charge is 0.436 e. The van der Waals surface area contributed by atoms with Crippen molar-refractivity contribution in [1.82, 2.24) is 4.98 Å². The molecular weight excluding hydrogens is 602 g/mol. The molecule has 0 fully saturated rings. The number of nitrogens with one attached hydrogen (secondary N) is 1. The summed E-state index contributed by atoms with van der Waals surface area (Å²) in [5.74, 6) is 0.954. The molecule has 0 aliphatic rings. The van der Waals surface area contributed by atoms with E-state index in [0.29, 0.717) is 17.4 Å². The molecule has 3 aromatic carbocycles. The van der Waals surface area contributed by atoms with Gasteiger partial charge in [-0.3, -0.25) is 4.79 Å². The summed E-state index contributed by atoms with van der Waals surface area (Å²) in [6.07, 6.45) is 1.09. The van der Waals surface area contributed by atoms with Crippen LogP contribution < -0.4 is 5.32 Å². The Bertz CT molecular complexity index is 1220. The number of hydrogen-bond acceptors (Lipinski definition) is 3. The second-order valence-electron chi connectivity index (χ2n) is 7.21. The summed E-state index contributed by atoms with van der Waals surface area (Å²) in [6.45, 7) is 4.40. The summed E-state index contributed by atoms with van der Waals surface area (Å²) in [5, 5.41) is 2.96. The number of halogens is 2. The van der Waals surface area contributed by atoms with E-state index < -0.39 is 0 Å². The van der Waals surface area contributed by atoms with Crippen molar-refractivity contribution in [3.8, 4) is 11.5 Å². The number of nitrogens with zero attached hydrogens (tertiary/aromatic N) is 1. The van der Waals surface area contributed by atoms with E-state index in [1.807, 2.05) is 48.5 Å². The first-order chi connectivity index (χ1) is 14.4. The zero-order valence-corrected chi connectivity index (χ0v) is 20.9. The summed E-state index contributed by atoms with van der Waals surface area (Å²) in [4.78, 5) is 17.3. The van der Waals surface area contributed by atoms with Gasteiger partial charge in [0.05, 0.1) is 5.56 Å². The van der Waals surface area contributed by atoms with E-state index >= 15 is 0 Å². The molecule has 0 aliphatic carbocycles. The van der Waals surface area contributed by atoms with Gasteiger partial charge >= 0.3 is 0 Å². The molecule has 4 aromatic rings. The van der Waals surface area contributed by atoms with Crippen LogP contribution in [0.3, 0.4) is 0 Å². The van der Waals surface area contributed by atoms with E-state index in [0.717, 1.165) is 35.9 Å². The molecule has 0 aliphatic heterocycles. The highest BCUT2D eigenvalue weighted by Gasteiger charge is 2.13. The molecule has 1 heterocycles. The first-order valence-corrected chi connectivity index (χ1v) is 11.9. The SMILES string of the molecule is CC[C@H](C)c1ccc2oc(-c3ccc(NC(=O)c4cc(I)ccc4I)cc3)nc2c1. The smallest absolute Gasteiger partial charge is 0.256 e. The van der Waals surface area contributed by atoms with Gasteiger partial charge in [0.25, 0.3) is 5.91 Å². The van der Waals surface area contributed by atoms with Gasteiger partial charge in [-0.2, -0.15) is 0 Å². The molecule has 0 spiro atoms. The summed E-state index contributed by atoms with van der Waals surface area (Å²) >= 11 is 4.39. The number of aromatic nitrogens is 1. The third-order valence-corrected chi connectivity index (χ3v) is 6.77. The van der Waals surface area contributed by atoms with E-state index in [2.05, 4.69) is 81.5 Å². The second-order valence-corrected chi connectivity index (χ2v) is 9.62. The Morgan fingerprint density at radius 3 is 2.57 bits per heavy atom. The van der Waals surface area contributed by atoms with Crippen molar-refractivity contribution in [2.75, 3.05) is 5.32 Å². The highest BCUT2D eigenvalue weighted by atomic mass is 127. The van der Waals surface area contributed by atoms with Crippen LogP contribution in [0, 0.1) is 7.14 Å². The van der Waals surface area contributed by atoms with Gasteiger partial charge in [0.2, 0.25) is 5.89 Å². The zero-order valence-electron chi connectivity index (χ0n) is 16.6. The number of anilines is 1. The quantitative estimate of drug-likeness (QED) is 0.235. The molecule has 0 saturated heterocycles. The lowest BCUT2D eigenvalue weighted by molar-refractivity contribution is 0.102. The second kappa shape index (κ2) is 9.05. The lowest BCUT2D eigenvalue weighted by Crippen LogP contribution is -2.13. The summed E-state index contributed by atoms with van der Waals surface area (Å²) < 4.78 is 7.89. The van der Waals surface area contributed by atoms with Gasteiger partial charge in [-0.05, 0) is 118 Å². The third kappa shape index (κ3) is 4.54. The van der Waals surface area contributed by atoms with Gasteiger partial charge in [0, 0.05) is 18.4 Å². The Kier molecular flexibility index (Phi) is 6.43. The Balaban J connectivity index is 1.54. The van der Waals surface area contributed by atoms with Crippen LogP contribution in [0.4, 0.5) is 5.69 Å². The molecule has 6 heteroatoms. The van der Waals surface area contributed by atoms with Crippen molar-refractivity contribution in [3.05, 3.63) is 78.9 Å². The monoisotopic (exact) mass is 622 g/mol. The molecule has 152 valence electrons. The summed E-state index contributed by atoms with van der Waals surface area (Å²) in [6, 6.07) is 19.6. The van der Waals surface area contributed by atoms with Gasteiger partial charge in [-0.15, -0.1) is 0 Å². The molecule has 0 radical (unpaired) electrons. The van der Waals surface area contributed by atoms with Crippen LogP contribution >= 0.6 is 45.2 Å². The average molecular weight is 622 g/mol. The van der Waals surface area contributed by atoms with Crippen molar-refractivity contribution in [3.63, 3.8) is 0 Å². The number of fused-ring (bicyclic) bond motifs is 1. The molecule has 4 rings (SSSR count). The van der Waals surface area contributed by atoms with E-state index in [-0.39, 0.29) is 5.91 Å². The highest BCUT2D eigenvalue weighted by Crippen LogP contribution is 2.28. The lowest BCUT2D eigenvalue weighted by atomic mass is 9.98. The number of benzene rings is 3. The molecule has 1 aromatic heterocycles. The number of oxazole rings is 1. The number of carbonyl (C=O) groups is 1. The van der Waals surface area contributed by atoms with Crippen LogP contribution in [0.5, 0.6) is 0 Å². The number of hydrogen-bond donors (Lipinski definition) is 1. The van der Waals surface area contributed by atoms with Crippen LogP contribution in [0.2, 0.25) is 0 Å². The van der Waals surface area contributed by atoms with Crippen LogP contribution in [0.1, 0.15) is 42.1 Å². The fraction of sp³-hybridized carbons (Fsp3) is 0.167. The molecule has 1 amide bonds. The molecule has 0 saturated carbocycles. The fourth-order valence-corrected chi connectivity index (χ4v) is 4.25. The molecule has 0 bridgehead atoms. The van der Waals surface area contributed by atoms with Gasteiger partial charge in [0.1, 0.15) is 5.52 Å². The normalized spacial score (nSPS) is 12.1. The predicted octanol–water partition coefficient (Wildman–Crippen LogP) is 7.47. The highest BCUT2D eigenvalue weighted by molar-refractivity contribution is 14.1. The Morgan fingerprint density at radius 1 is 1.07 bits per heavy atom. The van der Waals surface area contributed by atoms with Crippen molar-refractivity contribution in [1.29, 1.82) is 0 Å². The molecule has 0 unspecified atom stereocenters. The zero-order chi connectivity index (χ0) is 21.3. The minimum absolute atomic E-state index is 0.120. The molecular formula is C24H20I2N2O2.